The van der Waals surface area contributed by atoms with E-state index in [2.05, 4.69) is 16.9 Å². The number of hydrogen-bond acceptors (Lipinski definition) is 4. The maximum Gasteiger partial charge on any atom is 0.257 e. The molecular formula is C14H25N5O. The first kappa shape index (κ1) is 15.0. The van der Waals surface area contributed by atoms with Crippen LogP contribution in [0.4, 0.5) is 0 Å². The van der Waals surface area contributed by atoms with E-state index in [1.165, 1.54) is 0 Å². The molecule has 1 atom stereocenters. The van der Waals surface area contributed by atoms with Crippen LogP contribution in [-0.4, -0.2) is 64.3 Å². The number of carbonyl (C=O) groups excluding carboxylic acids is 1. The molecule has 1 aliphatic rings. The van der Waals surface area contributed by atoms with Crippen molar-refractivity contribution in [1.82, 2.24) is 19.6 Å². The number of rotatable bonds is 3. The number of aryl methyl sites for hydroxylation is 2. The van der Waals surface area contributed by atoms with Gasteiger partial charge in [0.15, 0.2) is 0 Å². The SMILES string of the molecule is Cc1nn(C)c(C)c1C(=O)N1CCN(C(C)CN)CC1. The summed E-state index contributed by atoms with van der Waals surface area (Å²) in [6.07, 6.45) is 0. The Labute approximate surface area is 120 Å². The third-order valence-corrected chi connectivity index (χ3v) is 4.29. The van der Waals surface area contributed by atoms with E-state index in [9.17, 15) is 4.79 Å². The zero-order chi connectivity index (χ0) is 14.9. The fraction of sp³-hybridized carbons (Fsp3) is 0.714. The molecule has 1 aliphatic heterocycles. The summed E-state index contributed by atoms with van der Waals surface area (Å²) in [6, 6.07) is 0.383. The number of nitrogens with zero attached hydrogens (tertiary/aromatic N) is 4. The zero-order valence-corrected chi connectivity index (χ0v) is 12.9. The van der Waals surface area contributed by atoms with Crippen molar-refractivity contribution in [1.29, 1.82) is 0 Å². The number of carbonyl (C=O) groups is 1. The van der Waals surface area contributed by atoms with Crippen LogP contribution < -0.4 is 5.73 Å². The average molecular weight is 279 g/mol. The molecule has 0 aromatic carbocycles. The van der Waals surface area contributed by atoms with E-state index in [4.69, 9.17) is 5.73 Å². The van der Waals surface area contributed by atoms with Crippen LogP contribution in [0.25, 0.3) is 0 Å². The lowest BCUT2D eigenvalue weighted by atomic mass is 10.1. The lowest BCUT2D eigenvalue weighted by Gasteiger charge is -2.37. The summed E-state index contributed by atoms with van der Waals surface area (Å²) >= 11 is 0. The summed E-state index contributed by atoms with van der Waals surface area (Å²) < 4.78 is 1.77. The van der Waals surface area contributed by atoms with E-state index in [0.29, 0.717) is 12.6 Å². The van der Waals surface area contributed by atoms with Gasteiger partial charge in [-0.3, -0.25) is 14.4 Å². The molecule has 1 fully saturated rings. The molecule has 0 radical (unpaired) electrons. The van der Waals surface area contributed by atoms with E-state index in [0.717, 1.165) is 43.1 Å². The van der Waals surface area contributed by atoms with Gasteiger partial charge in [0.2, 0.25) is 0 Å². The highest BCUT2D eigenvalue weighted by Gasteiger charge is 2.27. The molecule has 2 N–H and O–H groups in total. The van der Waals surface area contributed by atoms with Gasteiger partial charge < -0.3 is 10.6 Å². The Morgan fingerprint density at radius 2 is 1.90 bits per heavy atom. The van der Waals surface area contributed by atoms with Crippen LogP contribution in [0.15, 0.2) is 0 Å². The van der Waals surface area contributed by atoms with Crippen molar-refractivity contribution in [2.75, 3.05) is 32.7 Å². The van der Waals surface area contributed by atoms with Crippen molar-refractivity contribution in [2.24, 2.45) is 12.8 Å². The molecule has 2 rings (SSSR count). The van der Waals surface area contributed by atoms with Gasteiger partial charge in [0.05, 0.1) is 11.3 Å². The van der Waals surface area contributed by atoms with Crippen LogP contribution in [0.5, 0.6) is 0 Å². The van der Waals surface area contributed by atoms with Gasteiger partial charge in [0.25, 0.3) is 5.91 Å². The second-order valence-electron chi connectivity index (χ2n) is 5.58. The second kappa shape index (κ2) is 5.93. The first-order chi connectivity index (χ1) is 9.45. The molecule has 20 heavy (non-hydrogen) atoms. The van der Waals surface area contributed by atoms with E-state index >= 15 is 0 Å². The van der Waals surface area contributed by atoms with Gasteiger partial charge in [-0.25, -0.2) is 0 Å². The number of piperazine rings is 1. The molecule has 1 aromatic rings. The smallest absolute Gasteiger partial charge is 0.257 e. The van der Waals surface area contributed by atoms with Crippen molar-refractivity contribution >= 4 is 5.91 Å². The fourth-order valence-electron chi connectivity index (χ4n) is 2.76. The van der Waals surface area contributed by atoms with E-state index in [-0.39, 0.29) is 5.91 Å². The van der Waals surface area contributed by atoms with Gasteiger partial charge in [0.1, 0.15) is 0 Å². The summed E-state index contributed by atoms with van der Waals surface area (Å²) in [6.45, 7) is 9.94. The molecule has 0 spiro atoms. The van der Waals surface area contributed by atoms with Gasteiger partial charge in [-0.15, -0.1) is 0 Å². The van der Waals surface area contributed by atoms with Gasteiger partial charge in [0, 0.05) is 51.5 Å². The van der Waals surface area contributed by atoms with Crippen LogP contribution in [0.3, 0.4) is 0 Å². The van der Waals surface area contributed by atoms with Crippen molar-refractivity contribution < 1.29 is 4.79 Å². The monoisotopic (exact) mass is 279 g/mol. The van der Waals surface area contributed by atoms with Crippen LogP contribution in [0.1, 0.15) is 28.7 Å². The van der Waals surface area contributed by atoms with Crippen LogP contribution in [0, 0.1) is 13.8 Å². The summed E-state index contributed by atoms with van der Waals surface area (Å²) in [5.41, 5.74) is 8.20. The average Bonchev–Trinajstić information content (AvgIpc) is 2.71. The summed E-state index contributed by atoms with van der Waals surface area (Å²) in [5.74, 6) is 0.105. The predicted octanol–water partition coefficient (Wildman–Crippen LogP) is 0.142. The Morgan fingerprint density at radius 1 is 1.30 bits per heavy atom. The number of aromatic nitrogens is 2. The predicted molar refractivity (Wildman–Crippen MR) is 78.7 cm³/mol. The van der Waals surface area contributed by atoms with Gasteiger partial charge in [-0.05, 0) is 20.8 Å². The normalized spacial score (nSPS) is 18.4. The highest BCUT2D eigenvalue weighted by molar-refractivity contribution is 5.96. The first-order valence-corrected chi connectivity index (χ1v) is 7.19. The lowest BCUT2D eigenvalue weighted by molar-refractivity contribution is 0.0587. The molecule has 1 aromatic heterocycles. The molecule has 1 amide bonds. The molecule has 6 heteroatoms. The number of amides is 1. The van der Waals surface area contributed by atoms with Gasteiger partial charge >= 0.3 is 0 Å². The molecule has 2 heterocycles. The van der Waals surface area contributed by atoms with Crippen molar-refractivity contribution in [3.63, 3.8) is 0 Å². The fourth-order valence-corrected chi connectivity index (χ4v) is 2.76. The summed E-state index contributed by atoms with van der Waals surface area (Å²) in [5, 5.41) is 4.33. The minimum atomic E-state index is 0.105. The van der Waals surface area contributed by atoms with Crippen LogP contribution >= 0.6 is 0 Å². The summed E-state index contributed by atoms with van der Waals surface area (Å²) in [7, 11) is 1.87. The Bertz CT molecular complexity index is 488. The van der Waals surface area contributed by atoms with E-state index < -0.39 is 0 Å². The molecule has 112 valence electrons. The van der Waals surface area contributed by atoms with Gasteiger partial charge in [-0.2, -0.15) is 5.10 Å². The van der Waals surface area contributed by atoms with E-state index in [1.807, 2.05) is 25.8 Å². The van der Waals surface area contributed by atoms with Crippen molar-refractivity contribution in [3.05, 3.63) is 17.0 Å². The van der Waals surface area contributed by atoms with Crippen molar-refractivity contribution in [2.45, 2.75) is 26.8 Å². The highest BCUT2D eigenvalue weighted by Crippen LogP contribution is 2.16. The Balaban J connectivity index is 2.05. The van der Waals surface area contributed by atoms with Gasteiger partial charge in [-0.1, -0.05) is 0 Å². The highest BCUT2D eigenvalue weighted by atomic mass is 16.2. The number of hydrogen-bond donors (Lipinski definition) is 1. The molecule has 0 aliphatic carbocycles. The third kappa shape index (κ3) is 2.71. The summed E-state index contributed by atoms with van der Waals surface area (Å²) in [4.78, 5) is 16.9. The molecule has 0 saturated carbocycles. The van der Waals surface area contributed by atoms with Crippen LogP contribution in [0.2, 0.25) is 0 Å². The quantitative estimate of drug-likeness (QED) is 0.855. The third-order valence-electron chi connectivity index (χ3n) is 4.29. The minimum Gasteiger partial charge on any atom is -0.336 e. The van der Waals surface area contributed by atoms with Crippen LogP contribution in [-0.2, 0) is 7.05 Å². The number of nitrogens with two attached hydrogens (primary N) is 1. The Kier molecular flexibility index (Phi) is 4.45. The standard InChI is InChI=1S/C14H25N5O/c1-10(9-15)18-5-7-19(8-6-18)14(20)13-11(2)16-17(4)12(13)3/h10H,5-9,15H2,1-4H3. The van der Waals surface area contributed by atoms with E-state index in [1.54, 1.807) is 4.68 Å². The molecular weight excluding hydrogens is 254 g/mol. The second-order valence-corrected chi connectivity index (χ2v) is 5.58. The molecule has 6 nitrogen and oxygen atoms in total. The Hall–Kier alpha value is -1.40. The zero-order valence-electron chi connectivity index (χ0n) is 12.9. The first-order valence-electron chi connectivity index (χ1n) is 7.19. The molecule has 0 bridgehead atoms. The van der Waals surface area contributed by atoms with Crippen molar-refractivity contribution in [3.8, 4) is 0 Å². The largest absolute Gasteiger partial charge is 0.336 e. The maximum atomic E-state index is 12.6. The Morgan fingerprint density at radius 3 is 2.35 bits per heavy atom. The topological polar surface area (TPSA) is 67.4 Å². The maximum absolute atomic E-state index is 12.6. The lowest BCUT2D eigenvalue weighted by Crippen LogP contribution is -2.52. The molecule has 1 unspecified atom stereocenters. The minimum absolute atomic E-state index is 0.105. The molecule has 1 saturated heterocycles.